The molecule has 0 fully saturated rings. The molecule has 0 radical (unpaired) electrons. The Morgan fingerprint density at radius 3 is 2.95 bits per heavy atom. The van der Waals surface area contributed by atoms with Gasteiger partial charge >= 0.3 is 5.97 Å². The minimum atomic E-state index is -0.766. The first-order valence-corrected chi connectivity index (χ1v) is 7.17. The summed E-state index contributed by atoms with van der Waals surface area (Å²) in [4.78, 5) is 23.4. The molecular weight excluding hydrogens is 254 g/mol. The van der Waals surface area contributed by atoms with E-state index in [1.807, 2.05) is 0 Å². The van der Waals surface area contributed by atoms with E-state index in [1.165, 1.54) is 0 Å². The predicted octanol–water partition coefficient (Wildman–Crippen LogP) is 2.71. The first-order valence-electron chi connectivity index (χ1n) is 7.17. The van der Waals surface area contributed by atoms with Crippen molar-refractivity contribution in [2.45, 2.75) is 39.0 Å². The maximum Gasteiger partial charge on any atom is 0.323 e. The first kappa shape index (κ1) is 14.5. The number of hydrogen-bond donors (Lipinski definition) is 0. The van der Waals surface area contributed by atoms with E-state index in [1.54, 1.807) is 13.0 Å². The number of rotatable bonds is 4. The Hall–Kier alpha value is -1.89. The Bertz CT molecular complexity index is 510. The van der Waals surface area contributed by atoms with Crippen LogP contribution >= 0.6 is 0 Å². The maximum absolute atomic E-state index is 11.9. The van der Waals surface area contributed by atoms with Gasteiger partial charge < -0.3 is 4.74 Å². The normalized spacial score (nSPS) is 23.6. The smallest absolute Gasteiger partial charge is 0.323 e. The highest BCUT2D eigenvalue weighted by molar-refractivity contribution is 5.94. The second-order valence-electron chi connectivity index (χ2n) is 5.19. The van der Waals surface area contributed by atoms with Gasteiger partial charge in [-0.3, -0.25) is 9.59 Å². The van der Waals surface area contributed by atoms with Crippen LogP contribution in [0.25, 0.3) is 0 Å². The van der Waals surface area contributed by atoms with Gasteiger partial charge in [0.1, 0.15) is 0 Å². The Kier molecular flexibility index (Phi) is 4.73. The molecule has 4 nitrogen and oxygen atoms in total. The zero-order chi connectivity index (χ0) is 14.5. The van der Waals surface area contributed by atoms with Crippen LogP contribution in [-0.2, 0) is 14.3 Å². The van der Waals surface area contributed by atoms with Gasteiger partial charge in [0.2, 0.25) is 0 Å². The summed E-state index contributed by atoms with van der Waals surface area (Å²) in [5.41, 5.74) is 2.02. The summed E-state index contributed by atoms with van der Waals surface area (Å²) in [6.07, 6.45) is 7.73. The van der Waals surface area contributed by atoms with Gasteiger partial charge in [0.25, 0.3) is 0 Å². The van der Waals surface area contributed by atoms with Crippen molar-refractivity contribution in [1.82, 2.24) is 0 Å². The molecule has 2 aliphatic carbocycles. The molecule has 0 bridgehead atoms. The van der Waals surface area contributed by atoms with Crippen LogP contribution in [0, 0.1) is 23.2 Å². The lowest BCUT2D eigenvalue weighted by Gasteiger charge is -2.27. The van der Waals surface area contributed by atoms with E-state index >= 15 is 0 Å². The maximum atomic E-state index is 11.9. The van der Waals surface area contributed by atoms with Gasteiger partial charge in [0.15, 0.2) is 11.7 Å². The number of nitrogens with zero attached hydrogens (tertiary/aromatic N) is 1. The van der Waals surface area contributed by atoms with Crippen LogP contribution in [-0.4, -0.2) is 18.4 Å². The summed E-state index contributed by atoms with van der Waals surface area (Å²) in [7, 11) is 0. The van der Waals surface area contributed by atoms with Crippen molar-refractivity contribution in [2.24, 2.45) is 11.8 Å². The second-order valence-corrected chi connectivity index (χ2v) is 5.19. The van der Waals surface area contributed by atoms with Gasteiger partial charge in [-0.25, -0.2) is 0 Å². The monoisotopic (exact) mass is 273 g/mol. The van der Waals surface area contributed by atoms with Crippen LogP contribution in [0.2, 0.25) is 0 Å². The molecule has 0 heterocycles. The molecule has 4 heteroatoms. The second kappa shape index (κ2) is 6.51. The summed E-state index contributed by atoms with van der Waals surface area (Å²) in [6, 6.07) is 2.09. The topological polar surface area (TPSA) is 67.2 Å². The molecule has 2 atom stereocenters. The van der Waals surface area contributed by atoms with Crippen molar-refractivity contribution in [3.8, 4) is 6.07 Å². The average Bonchev–Trinajstić information content (AvgIpc) is 2.87. The Balaban J connectivity index is 2.24. The minimum absolute atomic E-state index is 0.134. The van der Waals surface area contributed by atoms with Crippen LogP contribution in [0.4, 0.5) is 0 Å². The highest BCUT2D eigenvalue weighted by Gasteiger charge is 2.35. The van der Waals surface area contributed by atoms with Gasteiger partial charge in [-0.1, -0.05) is 6.08 Å². The van der Waals surface area contributed by atoms with Crippen molar-refractivity contribution in [1.29, 1.82) is 5.26 Å². The van der Waals surface area contributed by atoms with E-state index in [4.69, 9.17) is 4.74 Å². The molecule has 2 unspecified atom stereocenters. The van der Waals surface area contributed by atoms with Gasteiger partial charge in [0.05, 0.1) is 12.7 Å². The van der Waals surface area contributed by atoms with E-state index in [0.717, 1.165) is 36.8 Å². The van der Waals surface area contributed by atoms with Crippen LogP contribution in [0.15, 0.2) is 23.3 Å². The third-order valence-corrected chi connectivity index (χ3v) is 3.91. The van der Waals surface area contributed by atoms with Gasteiger partial charge in [-0.05, 0) is 49.8 Å². The molecule has 20 heavy (non-hydrogen) atoms. The van der Waals surface area contributed by atoms with Crippen LogP contribution in [0.1, 0.15) is 39.0 Å². The molecule has 0 amide bonds. The van der Waals surface area contributed by atoms with Crippen LogP contribution in [0.3, 0.4) is 0 Å². The lowest BCUT2D eigenvalue weighted by atomic mass is 9.76. The molecule has 0 spiro atoms. The van der Waals surface area contributed by atoms with E-state index in [0.29, 0.717) is 6.42 Å². The van der Waals surface area contributed by atoms with Crippen LogP contribution < -0.4 is 0 Å². The van der Waals surface area contributed by atoms with Crippen molar-refractivity contribution in [3.05, 3.63) is 23.3 Å². The SMILES string of the molecule is CCOC(=O)C(C#N)C1CCCC=C1C1=CC(=O)CC1. The van der Waals surface area contributed by atoms with Crippen molar-refractivity contribution >= 4 is 11.8 Å². The summed E-state index contributed by atoms with van der Waals surface area (Å²) < 4.78 is 5.01. The Labute approximate surface area is 119 Å². The number of esters is 1. The summed E-state index contributed by atoms with van der Waals surface area (Å²) >= 11 is 0. The fourth-order valence-corrected chi connectivity index (χ4v) is 2.98. The average molecular weight is 273 g/mol. The molecule has 106 valence electrons. The quantitative estimate of drug-likeness (QED) is 0.739. The lowest BCUT2D eigenvalue weighted by Crippen LogP contribution is -2.28. The summed E-state index contributed by atoms with van der Waals surface area (Å²) in [5.74, 6) is -1.21. The number of ketones is 1. The molecule has 0 aromatic carbocycles. The molecule has 0 aromatic rings. The predicted molar refractivity (Wildman–Crippen MR) is 73.5 cm³/mol. The van der Waals surface area contributed by atoms with E-state index in [9.17, 15) is 14.9 Å². The number of ether oxygens (including phenoxy) is 1. The number of allylic oxidation sites excluding steroid dienone is 4. The van der Waals surface area contributed by atoms with E-state index < -0.39 is 11.9 Å². The van der Waals surface area contributed by atoms with Crippen molar-refractivity contribution < 1.29 is 14.3 Å². The molecular formula is C16H19NO3. The molecule has 2 aliphatic rings. The molecule has 2 rings (SSSR count). The zero-order valence-electron chi connectivity index (χ0n) is 11.7. The van der Waals surface area contributed by atoms with Crippen molar-refractivity contribution in [3.63, 3.8) is 0 Å². The molecule has 0 saturated heterocycles. The molecule has 0 N–H and O–H groups in total. The number of hydrogen-bond acceptors (Lipinski definition) is 4. The third-order valence-electron chi connectivity index (χ3n) is 3.91. The molecule has 0 aliphatic heterocycles. The Morgan fingerprint density at radius 2 is 2.35 bits per heavy atom. The third kappa shape index (κ3) is 2.98. The standard InChI is InChI=1S/C16H19NO3/c1-2-20-16(19)15(10-17)14-6-4-3-5-13(14)11-7-8-12(18)9-11/h5,9,14-15H,2-4,6-8H2,1H3. The lowest BCUT2D eigenvalue weighted by molar-refractivity contribution is -0.147. The highest BCUT2D eigenvalue weighted by atomic mass is 16.5. The molecule has 0 aromatic heterocycles. The number of carbonyl (C=O) groups is 2. The summed E-state index contributed by atoms with van der Waals surface area (Å²) in [5, 5.41) is 9.32. The van der Waals surface area contributed by atoms with Gasteiger partial charge in [-0.15, -0.1) is 0 Å². The van der Waals surface area contributed by atoms with Crippen molar-refractivity contribution in [2.75, 3.05) is 6.61 Å². The van der Waals surface area contributed by atoms with Gasteiger partial charge in [0, 0.05) is 12.3 Å². The van der Waals surface area contributed by atoms with E-state index in [-0.39, 0.29) is 18.3 Å². The first-order chi connectivity index (χ1) is 9.67. The van der Waals surface area contributed by atoms with Crippen LogP contribution in [0.5, 0.6) is 0 Å². The highest BCUT2D eigenvalue weighted by Crippen LogP contribution is 2.38. The van der Waals surface area contributed by atoms with E-state index in [2.05, 4.69) is 12.1 Å². The minimum Gasteiger partial charge on any atom is -0.465 e. The molecule has 0 saturated carbocycles. The fourth-order valence-electron chi connectivity index (χ4n) is 2.98. The largest absolute Gasteiger partial charge is 0.465 e. The summed E-state index contributed by atoms with van der Waals surface area (Å²) in [6.45, 7) is 2.02. The fraction of sp³-hybridized carbons (Fsp3) is 0.562. The number of carbonyl (C=O) groups excluding carboxylic acids is 2. The number of nitriles is 1. The van der Waals surface area contributed by atoms with Gasteiger partial charge in [-0.2, -0.15) is 5.26 Å². The Morgan fingerprint density at radius 1 is 1.55 bits per heavy atom. The zero-order valence-corrected chi connectivity index (χ0v) is 11.7.